The van der Waals surface area contributed by atoms with Gasteiger partial charge in [0.1, 0.15) is 4.21 Å². The molecule has 2 aromatic carbocycles. The van der Waals surface area contributed by atoms with Crippen LogP contribution in [0.2, 0.25) is 5.02 Å². The molecule has 30 heavy (non-hydrogen) atoms. The number of ether oxygens (including phenoxy) is 1. The van der Waals surface area contributed by atoms with Crippen LogP contribution in [0.5, 0.6) is 0 Å². The van der Waals surface area contributed by atoms with Crippen molar-refractivity contribution in [1.82, 2.24) is 4.90 Å². The van der Waals surface area contributed by atoms with Crippen LogP contribution in [0.25, 0.3) is 10.1 Å². The lowest BCUT2D eigenvalue weighted by atomic mass is 10.2. The number of carbonyl (C=O) groups excluding carboxylic acids is 1. The molecule has 0 spiro atoms. The van der Waals surface area contributed by atoms with Crippen LogP contribution in [0.15, 0.2) is 46.7 Å². The highest BCUT2D eigenvalue weighted by atomic mass is 35.5. The number of hydrogen-bond donors (Lipinski definition) is 1. The van der Waals surface area contributed by atoms with Gasteiger partial charge in [-0.3, -0.25) is 4.72 Å². The lowest BCUT2D eigenvalue weighted by molar-refractivity contribution is 0.0493. The van der Waals surface area contributed by atoms with Crippen molar-refractivity contribution in [3.63, 3.8) is 0 Å². The van der Waals surface area contributed by atoms with Crippen molar-refractivity contribution in [2.24, 2.45) is 0 Å². The smallest absolute Gasteiger partial charge is 0.338 e. The molecule has 0 radical (unpaired) electrons. The second-order valence-electron chi connectivity index (χ2n) is 7.13. The van der Waals surface area contributed by atoms with Crippen molar-refractivity contribution in [2.75, 3.05) is 32.0 Å². The number of sulfonamides is 1. The summed E-state index contributed by atoms with van der Waals surface area (Å²) in [6, 6.07) is 11.6. The van der Waals surface area contributed by atoms with Crippen molar-refractivity contribution in [3.8, 4) is 0 Å². The zero-order chi connectivity index (χ0) is 21.9. The average molecular weight is 467 g/mol. The quantitative estimate of drug-likeness (QED) is 0.382. The summed E-state index contributed by atoms with van der Waals surface area (Å²) in [5.41, 5.74) is 1.23. The summed E-state index contributed by atoms with van der Waals surface area (Å²) in [7, 11) is 0.0736. The second kappa shape index (κ2) is 9.34. The van der Waals surface area contributed by atoms with Gasteiger partial charge in [-0.05, 0) is 74.8 Å². The molecule has 0 unspecified atom stereocenters. The van der Waals surface area contributed by atoms with Gasteiger partial charge in [0.15, 0.2) is 0 Å². The number of hydrogen-bond acceptors (Lipinski definition) is 6. The Bertz CT molecular complexity index is 1170. The van der Waals surface area contributed by atoms with E-state index in [1.165, 1.54) is 17.4 Å². The lowest BCUT2D eigenvalue weighted by Gasteiger charge is -2.11. The molecular weight excluding hydrogens is 444 g/mol. The van der Waals surface area contributed by atoms with Crippen LogP contribution in [0, 0.1) is 6.92 Å². The van der Waals surface area contributed by atoms with Gasteiger partial charge in [-0.1, -0.05) is 17.7 Å². The molecule has 0 fully saturated rings. The summed E-state index contributed by atoms with van der Waals surface area (Å²) in [6.45, 7) is 2.87. The van der Waals surface area contributed by atoms with Crippen molar-refractivity contribution >= 4 is 54.7 Å². The minimum atomic E-state index is -3.82. The van der Waals surface area contributed by atoms with Crippen molar-refractivity contribution in [2.45, 2.75) is 17.6 Å². The number of benzene rings is 2. The molecule has 1 heterocycles. The fourth-order valence-corrected chi connectivity index (χ4v) is 5.94. The van der Waals surface area contributed by atoms with E-state index in [4.69, 9.17) is 16.3 Å². The highest BCUT2D eigenvalue weighted by Crippen LogP contribution is 2.36. The van der Waals surface area contributed by atoms with E-state index in [0.29, 0.717) is 28.4 Å². The van der Waals surface area contributed by atoms with Gasteiger partial charge in [0.05, 0.1) is 12.2 Å². The van der Waals surface area contributed by atoms with Crippen LogP contribution in [-0.4, -0.2) is 46.5 Å². The Labute approximate surface area is 185 Å². The average Bonchev–Trinajstić information content (AvgIpc) is 3.02. The lowest BCUT2D eigenvalue weighted by Crippen LogP contribution is -2.16. The van der Waals surface area contributed by atoms with E-state index in [2.05, 4.69) is 4.72 Å². The summed E-state index contributed by atoms with van der Waals surface area (Å²) in [4.78, 5) is 14.3. The maximum Gasteiger partial charge on any atom is 0.338 e. The van der Waals surface area contributed by atoms with E-state index in [1.54, 1.807) is 43.3 Å². The Morgan fingerprint density at radius 1 is 1.20 bits per heavy atom. The molecular formula is C21H23ClN2O4S2. The summed E-state index contributed by atoms with van der Waals surface area (Å²) in [5.74, 6) is -0.484. The molecule has 9 heteroatoms. The standard InChI is InChI=1S/C21H23ClN2O4S2/c1-14-18-13-16(22)8-9-19(18)29-21(14)30(26,27)23-17-7-4-6-15(12-17)20(25)28-11-5-10-24(2)3/h4,6-9,12-13,23H,5,10-11H2,1-3H3. The Hall–Kier alpha value is -2.13. The van der Waals surface area contributed by atoms with Crippen LogP contribution in [0.4, 0.5) is 5.69 Å². The zero-order valence-corrected chi connectivity index (χ0v) is 19.3. The molecule has 160 valence electrons. The third kappa shape index (κ3) is 5.31. The van der Waals surface area contributed by atoms with E-state index in [9.17, 15) is 13.2 Å². The van der Waals surface area contributed by atoms with E-state index in [1.807, 2.05) is 19.0 Å². The number of halogens is 1. The molecule has 0 aliphatic heterocycles. The molecule has 1 N–H and O–H groups in total. The minimum Gasteiger partial charge on any atom is -0.462 e. The molecule has 0 bridgehead atoms. The first-order chi connectivity index (χ1) is 14.2. The summed E-state index contributed by atoms with van der Waals surface area (Å²) >= 11 is 7.23. The second-order valence-corrected chi connectivity index (χ2v) is 10.5. The number of anilines is 1. The third-order valence-electron chi connectivity index (χ3n) is 4.43. The van der Waals surface area contributed by atoms with Crippen LogP contribution < -0.4 is 4.72 Å². The maximum absolute atomic E-state index is 13.0. The van der Waals surface area contributed by atoms with Gasteiger partial charge in [-0.2, -0.15) is 0 Å². The Kier molecular flexibility index (Phi) is 7.02. The third-order valence-corrected chi connectivity index (χ3v) is 7.94. The van der Waals surface area contributed by atoms with Gasteiger partial charge < -0.3 is 9.64 Å². The van der Waals surface area contributed by atoms with Crippen LogP contribution >= 0.6 is 22.9 Å². The molecule has 0 saturated carbocycles. The SMILES string of the molecule is Cc1c(S(=O)(=O)Nc2cccc(C(=O)OCCCN(C)C)c2)sc2ccc(Cl)cc12. The first kappa shape index (κ1) is 22.6. The zero-order valence-electron chi connectivity index (χ0n) is 16.9. The number of nitrogens with zero attached hydrogens (tertiary/aromatic N) is 1. The number of aryl methyl sites for hydroxylation is 1. The molecule has 0 atom stereocenters. The van der Waals surface area contributed by atoms with Crippen LogP contribution in [-0.2, 0) is 14.8 Å². The predicted octanol–water partition coefficient (Wildman–Crippen LogP) is 4.77. The van der Waals surface area contributed by atoms with Gasteiger partial charge in [0.2, 0.25) is 0 Å². The number of esters is 1. The van der Waals surface area contributed by atoms with Crippen molar-refractivity contribution in [3.05, 3.63) is 58.6 Å². The fraction of sp³-hybridized carbons (Fsp3) is 0.286. The first-order valence-corrected chi connectivity index (χ1v) is 12.0. The number of rotatable bonds is 8. The maximum atomic E-state index is 13.0. The highest BCUT2D eigenvalue weighted by molar-refractivity contribution is 7.94. The molecule has 0 aliphatic rings. The normalized spacial score (nSPS) is 11.8. The van der Waals surface area contributed by atoms with E-state index >= 15 is 0 Å². The Balaban J connectivity index is 1.77. The number of fused-ring (bicyclic) bond motifs is 1. The number of nitrogens with one attached hydrogen (secondary N) is 1. The van der Waals surface area contributed by atoms with E-state index in [-0.39, 0.29) is 4.21 Å². The molecule has 0 saturated heterocycles. The molecule has 3 rings (SSSR count). The fourth-order valence-electron chi connectivity index (χ4n) is 2.97. The summed E-state index contributed by atoms with van der Waals surface area (Å²) in [5, 5.41) is 1.36. The molecule has 0 amide bonds. The molecule has 3 aromatic rings. The topological polar surface area (TPSA) is 75.7 Å². The van der Waals surface area contributed by atoms with Crippen molar-refractivity contribution in [1.29, 1.82) is 0 Å². The number of thiophene rings is 1. The van der Waals surface area contributed by atoms with Crippen LogP contribution in [0.3, 0.4) is 0 Å². The van der Waals surface area contributed by atoms with Gasteiger partial charge in [0.25, 0.3) is 10.0 Å². The first-order valence-electron chi connectivity index (χ1n) is 9.31. The van der Waals surface area contributed by atoms with Gasteiger partial charge in [-0.25, -0.2) is 13.2 Å². The van der Waals surface area contributed by atoms with E-state index in [0.717, 1.165) is 23.1 Å². The molecule has 0 aliphatic carbocycles. The minimum absolute atomic E-state index is 0.219. The summed E-state index contributed by atoms with van der Waals surface area (Å²) in [6.07, 6.45) is 0.723. The summed E-state index contributed by atoms with van der Waals surface area (Å²) < 4.78 is 34.8. The van der Waals surface area contributed by atoms with Crippen molar-refractivity contribution < 1.29 is 17.9 Å². The van der Waals surface area contributed by atoms with Gasteiger partial charge in [-0.15, -0.1) is 11.3 Å². The van der Waals surface area contributed by atoms with E-state index < -0.39 is 16.0 Å². The number of carbonyl (C=O) groups is 1. The molecule has 6 nitrogen and oxygen atoms in total. The monoisotopic (exact) mass is 466 g/mol. The Morgan fingerprint density at radius 3 is 2.70 bits per heavy atom. The highest BCUT2D eigenvalue weighted by Gasteiger charge is 2.22. The van der Waals surface area contributed by atoms with Gasteiger partial charge in [0, 0.05) is 22.0 Å². The van der Waals surface area contributed by atoms with Gasteiger partial charge >= 0.3 is 5.97 Å². The molecule has 1 aromatic heterocycles. The Morgan fingerprint density at radius 2 is 1.97 bits per heavy atom. The largest absolute Gasteiger partial charge is 0.462 e. The van der Waals surface area contributed by atoms with Crippen LogP contribution in [0.1, 0.15) is 22.3 Å². The predicted molar refractivity (Wildman–Crippen MR) is 122 cm³/mol.